The normalized spacial score (nSPS) is 10.8. The number of nitrogens with zero attached hydrogens (tertiary/aromatic N) is 1. The molecule has 94 valence electrons. The molecule has 2 aromatic carbocycles. The van der Waals surface area contributed by atoms with Gasteiger partial charge < -0.3 is 5.73 Å². The lowest BCUT2D eigenvalue weighted by molar-refractivity contribution is 1.20. The molecule has 0 saturated carbocycles. The Labute approximate surface area is 112 Å². The summed E-state index contributed by atoms with van der Waals surface area (Å²) in [6.07, 6.45) is 2.80. The van der Waals surface area contributed by atoms with Crippen molar-refractivity contribution in [2.75, 3.05) is 5.73 Å². The quantitative estimate of drug-likeness (QED) is 0.702. The number of hydrogen-bond acceptors (Lipinski definition) is 2. The molecule has 1 aromatic heterocycles. The summed E-state index contributed by atoms with van der Waals surface area (Å²) in [7, 11) is 0. The number of anilines is 1. The summed E-state index contributed by atoms with van der Waals surface area (Å²) in [6.45, 7) is 2.07. The van der Waals surface area contributed by atoms with Crippen LogP contribution in [0.15, 0.2) is 54.7 Å². The van der Waals surface area contributed by atoms with Crippen LogP contribution in [0.1, 0.15) is 16.7 Å². The molecule has 0 aliphatic heterocycles. The van der Waals surface area contributed by atoms with E-state index in [1.54, 1.807) is 0 Å². The van der Waals surface area contributed by atoms with E-state index in [1.807, 2.05) is 24.4 Å². The first-order valence-electron chi connectivity index (χ1n) is 6.40. The van der Waals surface area contributed by atoms with Crippen molar-refractivity contribution < 1.29 is 0 Å². The summed E-state index contributed by atoms with van der Waals surface area (Å²) in [5.41, 5.74) is 11.4. The first-order valence-corrected chi connectivity index (χ1v) is 6.40. The number of rotatable bonds is 2. The van der Waals surface area contributed by atoms with E-state index in [1.165, 1.54) is 22.1 Å². The van der Waals surface area contributed by atoms with Crippen LogP contribution in [-0.4, -0.2) is 4.98 Å². The van der Waals surface area contributed by atoms with Crippen molar-refractivity contribution >= 4 is 16.6 Å². The van der Waals surface area contributed by atoms with Gasteiger partial charge in [-0.05, 0) is 60.4 Å². The van der Waals surface area contributed by atoms with E-state index in [0.29, 0.717) is 0 Å². The molecule has 0 saturated heterocycles. The van der Waals surface area contributed by atoms with Gasteiger partial charge in [0, 0.05) is 17.3 Å². The van der Waals surface area contributed by atoms with Crippen molar-refractivity contribution in [2.45, 2.75) is 13.3 Å². The molecule has 3 rings (SSSR count). The van der Waals surface area contributed by atoms with E-state index in [2.05, 4.69) is 42.2 Å². The highest BCUT2D eigenvalue weighted by Gasteiger charge is 2.00. The SMILES string of the molecule is Cc1cnc2ccc(Cc3cccc(N)c3)cc2c1. The second-order valence-corrected chi connectivity index (χ2v) is 4.96. The Bertz CT molecular complexity index is 732. The maximum absolute atomic E-state index is 5.81. The van der Waals surface area contributed by atoms with Gasteiger partial charge in [-0.15, -0.1) is 0 Å². The summed E-state index contributed by atoms with van der Waals surface area (Å²) >= 11 is 0. The first-order chi connectivity index (χ1) is 9.20. The van der Waals surface area contributed by atoms with Gasteiger partial charge in [0.2, 0.25) is 0 Å². The fourth-order valence-corrected chi connectivity index (χ4v) is 2.34. The third kappa shape index (κ3) is 2.58. The Morgan fingerprint density at radius 3 is 2.68 bits per heavy atom. The van der Waals surface area contributed by atoms with Crippen LogP contribution in [-0.2, 0) is 6.42 Å². The van der Waals surface area contributed by atoms with Gasteiger partial charge in [-0.25, -0.2) is 0 Å². The van der Waals surface area contributed by atoms with Crippen molar-refractivity contribution in [1.82, 2.24) is 4.98 Å². The average Bonchev–Trinajstić information content (AvgIpc) is 2.38. The van der Waals surface area contributed by atoms with Crippen LogP contribution in [0.3, 0.4) is 0 Å². The zero-order chi connectivity index (χ0) is 13.2. The highest BCUT2D eigenvalue weighted by atomic mass is 14.6. The van der Waals surface area contributed by atoms with Gasteiger partial charge in [-0.2, -0.15) is 0 Å². The molecular formula is C17H16N2. The molecule has 0 aliphatic rings. The molecule has 3 aromatic rings. The largest absolute Gasteiger partial charge is 0.399 e. The number of pyridine rings is 1. The van der Waals surface area contributed by atoms with Gasteiger partial charge in [-0.3, -0.25) is 4.98 Å². The first kappa shape index (κ1) is 11.7. The monoisotopic (exact) mass is 248 g/mol. The van der Waals surface area contributed by atoms with Crippen molar-refractivity contribution in [2.24, 2.45) is 0 Å². The van der Waals surface area contributed by atoms with Crippen molar-refractivity contribution in [1.29, 1.82) is 0 Å². The minimum absolute atomic E-state index is 0.816. The third-order valence-electron chi connectivity index (χ3n) is 3.24. The van der Waals surface area contributed by atoms with Crippen LogP contribution >= 0.6 is 0 Å². The standard InChI is InChI=1S/C17H16N2/c1-12-7-15-9-14(5-6-17(15)19-11-12)8-13-3-2-4-16(18)10-13/h2-7,9-11H,8,18H2,1H3. The second kappa shape index (κ2) is 4.73. The lowest BCUT2D eigenvalue weighted by atomic mass is 10.0. The van der Waals surface area contributed by atoms with E-state index in [9.17, 15) is 0 Å². The minimum atomic E-state index is 0.816. The molecule has 0 radical (unpaired) electrons. The Balaban J connectivity index is 1.97. The molecule has 0 atom stereocenters. The van der Waals surface area contributed by atoms with Gasteiger partial charge >= 0.3 is 0 Å². The van der Waals surface area contributed by atoms with Crippen molar-refractivity contribution in [3.05, 3.63) is 71.4 Å². The average molecular weight is 248 g/mol. The summed E-state index contributed by atoms with van der Waals surface area (Å²) in [5.74, 6) is 0. The van der Waals surface area contributed by atoms with Crippen molar-refractivity contribution in [3.63, 3.8) is 0 Å². The van der Waals surface area contributed by atoms with E-state index in [0.717, 1.165) is 17.6 Å². The highest BCUT2D eigenvalue weighted by Crippen LogP contribution is 2.18. The molecule has 0 fully saturated rings. The van der Waals surface area contributed by atoms with Crippen LogP contribution in [0.25, 0.3) is 10.9 Å². The molecule has 0 bridgehead atoms. The predicted octanol–water partition coefficient (Wildman–Crippen LogP) is 3.72. The second-order valence-electron chi connectivity index (χ2n) is 4.96. The van der Waals surface area contributed by atoms with Gasteiger partial charge in [-0.1, -0.05) is 18.2 Å². The predicted molar refractivity (Wildman–Crippen MR) is 80.1 cm³/mol. The summed E-state index contributed by atoms with van der Waals surface area (Å²) in [6, 6.07) is 16.6. The molecule has 2 nitrogen and oxygen atoms in total. The molecule has 0 aliphatic carbocycles. The number of nitrogens with two attached hydrogens (primary N) is 1. The third-order valence-corrected chi connectivity index (χ3v) is 3.24. The smallest absolute Gasteiger partial charge is 0.0702 e. The van der Waals surface area contributed by atoms with E-state index in [-0.39, 0.29) is 0 Å². The summed E-state index contributed by atoms with van der Waals surface area (Å²) in [4.78, 5) is 4.42. The van der Waals surface area contributed by atoms with E-state index >= 15 is 0 Å². The molecule has 2 heteroatoms. The maximum Gasteiger partial charge on any atom is 0.0702 e. The van der Waals surface area contributed by atoms with E-state index < -0.39 is 0 Å². The molecular weight excluding hydrogens is 232 g/mol. The van der Waals surface area contributed by atoms with Crippen LogP contribution in [0.2, 0.25) is 0 Å². The Hall–Kier alpha value is -2.35. The van der Waals surface area contributed by atoms with E-state index in [4.69, 9.17) is 5.73 Å². The molecule has 0 unspecified atom stereocenters. The Kier molecular flexibility index (Phi) is 2.92. The van der Waals surface area contributed by atoms with Gasteiger partial charge in [0.25, 0.3) is 0 Å². The fourth-order valence-electron chi connectivity index (χ4n) is 2.34. The fraction of sp³-hybridized carbons (Fsp3) is 0.118. The number of hydrogen-bond donors (Lipinski definition) is 1. The zero-order valence-corrected chi connectivity index (χ0v) is 10.9. The summed E-state index contributed by atoms with van der Waals surface area (Å²) in [5, 5.41) is 1.20. The number of aromatic nitrogens is 1. The molecule has 19 heavy (non-hydrogen) atoms. The Morgan fingerprint density at radius 2 is 1.84 bits per heavy atom. The van der Waals surface area contributed by atoms with Crippen molar-refractivity contribution in [3.8, 4) is 0 Å². The molecule has 1 heterocycles. The summed E-state index contributed by atoms with van der Waals surface area (Å²) < 4.78 is 0. The van der Waals surface area contributed by atoms with Crippen LogP contribution < -0.4 is 5.73 Å². The van der Waals surface area contributed by atoms with Crippen LogP contribution in [0.4, 0.5) is 5.69 Å². The van der Waals surface area contributed by atoms with Crippen LogP contribution in [0.5, 0.6) is 0 Å². The lowest BCUT2D eigenvalue weighted by Gasteiger charge is -2.05. The maximum atomic E-state index is 5.81. The number of fused-ring (bicyclic) bond motifs is 1. The minimum Gasteiger partial charge on any atom is -0.399 e. The zero-order valence-electron chi connectivity index (χ0n) is 10.9. The van der Waals surface area contributed by atoms with Gasteiger partial charge in [0.15, 0.2) is 0 Å². The Morgan fingerprint density at radius 1 is 1.00 bits per heavy atom. The molecule has 0 spiro atoms. The number of benzene rings is 2. The topological polar surface area (TPSA) is 38.9 Å². The number of nitrogen functional groups attached to an aromatic ring is 1. The van der Waals surface area contributed by atoms with Crippen LogP contribution in [0, 0.1) is 6.92 Å². The highest BCUT2D eigenvalue weighted by molar-refractivity contribution is 5.79. The molecule has 0 amide bonds. The molecule has 2 N–H and O–H groups in total. The van der Waals surface area contributed by atoms with Gasteiger partial charge in [0.05, 0.1) is 5.52 Å². The number of aryl methyl sites for hydroxylation is 1. The van der Waals surface area contributed by atoms with Gasteiger partial charge in [0.1, 0.15) is 0 Å². The lowest BCUT2D eigenvalue weighted by Crippen LogP contribution is -1.91.